The molecule has 0 saturated carbocycles. The van der Waals surface area contributed by atoms with E-state index < -0.39 is 0 Å². The highest BCUT2D eigenvalue weighted by Crippen LogP contribution is 2.23. The van der Waals surface area contributed by atoms with Gasteiger partial charge in [0.05, 0.1) is 5.75 Å². The Morgan fingerprint density at radius 3 is 2.87 bits per heavy atom. The predicted molar refractivity (Wildman–Crippen MR) is 94.1 cm³/mol. The van der Waals surface area contributed by atoms with E-state index in [2.05, 4.69) is 48.5 Å². The number of likely N-dealkylation sites (tertiary alicyclic amines) is 1. The molecule has 122 valence electrons. The van der Waals surface area contributed by atoms with Gasteiger partial charge in [-0.3, -0.25) is 9.36 Å². The molecule has 4 nitrogen and oxygen atoms in total. The zero-order chi connectivity index (χ0) is 16.4. The molecule has 3 rings (SSSR count). The molecule has 1 aliphatic heterocycles. The highest BCUT2D eigenvalue weighted by molar-refractivity contribution is 7.99. The first-order valence-electron chi connectivity index (χ1n) is 8.06. The van der Waals surface area contributed by atoms with E-state index in [1.165, 1.54) is 22.9 Å². The fourth-order valence-corrected chi connectivity index (χ4v) is 3.72. The van der Waals surface area contributed by atoms with Crippen LogP contribution in [0, 0.1) is 19.8 Å². The molecule has 0 spiro atoms. The lowest BCUT2D eigenvalue weighted by Crippen LogP contribution is -2.30. The Morgan fingerprint density at radius 1 is 1.35 bits per heavy atom. The Hall–Kier alpha value is -1.75. The van der Waals surface area contributed by atoms with Crippen molar-refractivity contribution in [2.24, 2.45) is 5.92 Å². The smallest absolute Gasteiger partial charge is 0.233 e. The van der Waals surface area contributed by atoms with E-state index in [-0.39, 0.29) is 5.91 Å². The molecule has 23 heavy (non-hydrogen) atoms. The lowest BCUT2D eigenvalue weighted by molar-refractivity contribution is -0.127. The molecule has 5 heteroatoms. The fourth-order valence-electron chi connectivity index (χ4n) is 2.85. The highest BCUT2D eigenvalue weighted by Gasteiger charge is 2.23. The summed E-state index contributed by atoms with van der Waals surface area (Å²) in [5.41, 5.74) is 3.63. The molecule has 1 unspecified atom stereocenters. The summed E-state index contributed by atoms with van der Waals surface area (Å²) in [4.78, 5) is 18.7. The minimum atomic E-state index is 0.217. The number of hydrogen-bond acceptors (Lipinski definition) is 3. The van der Waals surface area contributed by atoms with Gasteiger partial charge in [0.25, 0.3) is 0 Å². The number of carbonyl (C=O) groups excluding carboxylic acids is 1. The van der Waals surface area contributed by atoms with Crippen LogP contribution in [0.3, 0.4) is 0 Å². The normalized spacial score (nSPS) is 17.7. The summed E-state index contributed by atoms with van der Waals surface area (Å²) in [6.45, 7) is 8.21. The molecule has 1 aliphatic rings. The molecule has 0 aliphatic carbocycles. The van der Waals surface area contributed by atoms with E-state index in [9.17, 15) is 4.79 Å². The minimum Gasteiger partial charge on any atom is -0.342 e. The summed E-state index contributed by atoms with van der Waals surface area (Å²) in [6.07, 6.45) is 4.86. The average Bonchev–Trinajstić information content (AvgIpc) is 3.16. The number of aryl methyl sites for hydroxylation is 2. The van der Waals surface area contributed by atoms with Crippen LogP contribution >= 0.6 is 11.8 Å². The van der Waals surface area contributed by atoms with E-state index >= 15 is 0 Å². The third kappa shape index (κ3) is 3.61. The van der Waals surface area contributed by atoms with Crippen molar-refractivity contribution < 1.29 is 4.79 Å². The van der Waals surface area contributed by atoms with Crippen LogP contribution < -0.4 is 0 Å². The molecule has 0 N–H and O–H groups in total. The number of benzene rings is 1. The van der Waals surface area contributed by atoms with Crippen LogP contribution in [0.2, 0.25) is 0 Å². The Morgan fingerprint density at radius 2 is 2.17 bits per heavy atom. The van der Waals surface area contributed by atoms with Crippen LogP contribution in [-0.2, 0) is 4.79 Å². The Balaban J connectivity index is 1.69. The first kappa shape index (κ1) is 16.1. The lowest BCUT2D eigenvalue weighted by Gasteiger charge is -2.15. The second-order valence-corrected chi connectivity index (χ2v) is 7.31. The van der Waals surface area contributed by atoms with Crippen LogP contribution in [0.25, 0.3) is 5.69 Å². The molecule has 1 aromatic heterocycles. The summed E-state index contributed by atoms with van der Waals surface area (Å²) in [7, 11) is 0. The first-order valence-corrected chi connectivity index (χ1v) is 9.04. The topological polar surface area (TPSA) is 38.1 Å². The standard InChI is InChI=1S/C18H23N3OS/c1-13-6-8-20(11-13)17(22)12-23-18-19-7-9-21(18)16-5-4-14(2)15(3)10-16/h4-5,7,9-10,13H,6,8,11-12H2,1-3H3. The number of carbonyl (C=O) groups is 1. The maximum atomic E-state index is 12.3. The predicted octanol–water partition coefficient (Wildman–Crippen LogP) is 3.45. The molecule has 0 radical (unpaired) electrons. The van der Waals surface area contributed by atoms with Crippen LogP contribution in [0.4, 0.5) is 0 Å². The van der Waals surface area contributed by atoms with Gasteiger partial charge in [-0.05, 0) is 49.4 Å². The molecule has 1 amide bonds. The molecule has 0 bridgehead atoms. The van der Waals surface area contributed by atoms with E-state index in [4.69, 9.17) is 0 Å². The van der Waals surface area contributed by atoms with Gasteiger partial charge >= 0.3 is 0 Å². The van der Waals surface area contributed by atoms with Gasteiger partial charge in [0.2, 0.25) is 5.91 Å². The minimum absolute atomic E-state index is 0.217. The van der Waals surface area contributed by atoms with E-state index in [1.54, 1.807) is 6.20 Å². The summed E-state index contributed by atoms with van der Waals surface area (Å²) >= 11 is 1.52. The number of imidazole rings is 1. The highest BCUT2D eigenvalue weighted by atomic mass is 32.2. The third-order valence-electron chi connectivity index (χ3n) is 4.48. The van der Waals surface area contributed by atoms with E-state index in [1.807, 2.05) is 11.1 Å². The fraction of sp³-hybridized carbons (Fsp3) is 0.444. The van der Waals surface area contributed by atoms with Crippen molar-refractivity contribution in [2.75, 3.05) is 18.8 Å². The van der Waals surface area contributed by atoms with Gasteiger partial charge in [-0.25, -0.2) is 4.98 Å². The first-order chi connectivity index (χ1) is 11.0. The molecular formula is C18H23N3OS. The second-order valence-electron chi connectivity index (χ2n) is 6.37. The van der Waals surface area contributed by atoms with Crippen molar-refractivity contribution in [1.82, 2.24) is 14.5 Å². The summed E-state index contributed by atoms with van der Waals surface area (Å²) < 4.78 is 2.05. The number of thioether (sulfide) groups is 1. The number of nitrogens with zero attached hydrogens (tertiary/aromatic N) is 3. The maximum Gasteiger partial charge on any atom is 0.233 e. The van der Waals surface area contributed by atoms with Crippen molar-refractivity contribution in [3.05, 3.63) is 41.7 Å². The van der Waals surface area contributed by atoms with Crippen LogP contribution in [0.15, 0.2) is 35.7 Å². The van der Waals surface area contributed by atoms with Gasteiger partial charge in [0.15, 0.2) is 5.16 Å². The monoisotopic (exact) mass is 329 g/mol. The van der Waals surface area contributed by atoms with Crippen molar-refractivity contribution >= 4 is 17.7 Å². The van der Waals surface area contributed by atoms with Crippen molar-refractivity contribution in [2.45, 2.75) is 32.3 Å². The molecule has 1 fully saturated rings. The van der Waals surface area contributed by atoms with E-state index in [0.29, 0.717) is 11.7 Å². The largest absolute Gasteiger partial charge is 0.342 e. The number of aromatic nitrogens is 2. The average molecular weight is 329 g/mol. The van der Waals surface area contributed by atoms with Gasteiger partial charge in [-0.1, -0.05) is 24.8 Å². The number of rotatable bonds is 4. The molecule has 1 atom stereocenters. The maximum absolute atomic E-state index is 12.3. The number of amides is 1. The summed E-state index contributed by atoms with van der Waals surface area (Å²) in [5.74, 6) is 1.30. The zero-order valence-electron chi connectivity index (χ0n) is 14.0. The van der Waals surface area contributed by atoms with Gasteiger partial charge in [-0.15, -0.1) is 0 Å². The Kier molecular flexibility index (Phi) is 4.76. The third-order valence-corrected chi connectivity index (χ3v) is 5.43. The SMILES string of the molecule is Cc1ccc(-n2ccnc2SCC(=O)N2CCC(C)C2)cc1C. The van der Waals surface area contributed by atoms with Gasteiger partial charge < -0.3 is 4.90 Å². The molecule has 1 aromatic carbocycles. The zero-order valence-corrected chi connectivity index (χ0v) is 14.8. The lowest BCUT2D eigenvalue weighted by atomic mass is 10.1. The van der Waals surface area contributed by atoms with Crippen molar-refractivity contribution in [3.8, 4) is 5.69 Å². The van der Waals surface area contributed by atoms with Gasteiger partial charge in [0.1, 0.15) is 0 Å². The molecule has 2 aromatic rings. The summed E-state index contributed by atoms with van der Waals surface area (Å²) in [5, 5.41) is 0.869. The molecule has 2 heterocycles. The van der Waals surface area contributed by atoms with Crippen LogP contribution in [-0.4, -0.2) is 39.2 Å². The van der Waals surface area contributed by atoms with Gasteiger partial charge in [0, 0.05) is 31.2 Å². The van der Waals surface area contributed by atoms with Crippen LogP contribution in [0.5, 0.6) is 0 Å². The van der Waals surface area contributed by atoms with Gasteiger partial charge in [-0.2, -0.15) is 0 Å². The molecular weight excluding hydrogens is 306 g/mol. The summed E-state index contributed by atoms with van der Waals surface area (Å²) in [6, 6.07) is 6.37. The Bertz CT molecular complexity index is 710. The Labute approximate surface area is 141 Å². The number of hydrogen-bond donors (Lipinski definition) is 0. The van der Waals surface area contributed by atoms with Crippen LogP contribution in [0.1, 0.15) is 24.5 Å². The second kappa shape index (κ2) is 6.79. The quantitative estimate of drug-likeness (QED) is 0.806. The van der Waals surface area contributed by atoms with Crippen molar-refractivity contribution in [3.63, 3.8) is 0 Å². The van der Waals surface area contributed by atoms with E-state index in [0.717, 1.165) is 30.4 Å². The molecule has 1 saturated heterocycles. The van der Waals surface area contributed by atoms with Crippen molar-refractivity contribution in [1.29, 1.82) is 0 Å².